The van der Waals surface area contributed by atoms with Crippen LogP contribution >= 0.6 is 31.9 Å². The molecule has 7 heteroatoms. The van der Waals surface area contributed by atoms with Crippen LogP contribution in [0.1, 0.15) is 5.56 Å². The summed E-state index contributed by atoms with van der Waals surface area (Å²) >= 11 is 6.30. The number of halogens is 4. The monoisotopic (exact) mass is 372 g/mol. The number of benzene rings is 1. The Balaban J connectivity index is 3.10. The molecule has 0 saturated heterocycles. The molecule has 0 spiro atoms. The first kappa shape index (κ1) is 14.4. The van der Waals surface area contributed by atoms with Crippen molar-refractivity contribution in [3.8, 4) is 5.75 Å². The van der Waals surface area contributed by atoms with Crippen molar-refractivity contribution in [1.29, 1.82) is 0 Å². The topological polar surface area (TPSA) is 35.5 Å². The van der Waals surface area contributed by atoms with Crippen molar-refractivity contribution in [3.05, 3.63) is 26.6 Å². The molecule has 0 heterocycles. The van der Waals surface area contributed by atoms with Crippen LogP contribution in [-0.4, -0.2) is 19.7 Å². The van der Waals surface area contributed by atoms with Crippen molar-refractivity contribution < 1.29 is 23.0 Å². The van der Waals surface area contributed by atoms with E-state index in [1.165, 1.54) is 13.2 Å². The number of hydrogen-bond acceptors (Lipinski definition) is 3. The van der Waals surface area contributed by atoms with Crippen LogP contribution in [0.15, 0.2) is 21.1 Å². The van der Waals surface area contributed by atoms with Crippen LogP contribution in [0.2, 0.25) is 0 Å². The molecule has 0 aliphatic heterocycles. The molecule has 1 rings (SSSR count). The molecule has 0 aliphatic carbocycles. The van der Waals surface area contributed by atoms with Gasteiger partial charge in [0.05, 0.1) is 18.0 Å². The average molecular weight is 374 g/mol. The molecule has 0 unspecified atom stereocenters. The Bertz CT molecular complexity index is 424. The molecule has 17 heavy (non-hydrogen) atoms. The van der Waals surface area contributed by atoms with E-state index in [1.54, 1.807) is 6.07 Å². The molecule has 0 aliphatic rings. The summed E-state index contributed by atoms with van der Waals surface area (Å²) in [5.41, 5.74) is 0.318. The van der Waals surface area contributed by atoms with Crippen molar-refractivity contribution in [2.45, 2.75) is 13.0 Å². The van der Waals surface area contributed by atoms with Crippen molar-refractivity contribution >= 4 is 37.8 Å². The standard InChI is InChI=1S/C10H8Br2F2O3/c1-16-8(15)3-5-2-6(11)4-7(12)9(5)17-10(13)14/h2,4,10H,3H2,1H3. The van der Waals surface area contributed by atoms with E-state index in [2.05, 4.69) is 41.3 Å². The third kappa shape index (κ3) is 4.23. The lowest BCUT2D eigenvalue weighted by molar-refractivity contribution is -0.139. The largest absolute Gasteiger partial charge is 0.469 e. The summed E-state index contributed by atoms with van der Waals surface area (Å²) in [6.45, 7) is -2.95. The second-order valence-corrected chi connectivity index (χ2v) is 4.78. The zero-order valence-electron chi connectivity index (χ0n) is 8.68. The predicted octanol–water partition coefficient (Wildman–Crippen LogP) is 3.53. The van der Waals surface area contributed by atoms with Gasteiger partial charge in [-0.1, -0.05) is 15.9 Å². The number of carbonyl (C=O) groups excluding carboxylic acids is 1. The summed E-state index contributed by atoms with van der Waals surface area (Å²) in [6.07, 6.45) is -0.142. The SMILES string of the molecule is COC(=O)Cc1cc(Br)cc(Br)c1OC(F)F. The van der Waals surface area contributed by atoms with Gasteiger partial charge in [-0.15, -0.1) is 0 Å². The Labute approximate surface area is 113 Å². The minimum atomic E-state index is -2.95. The summed E-state index contributed by atoms with van der Waals surface area (Å²) in [5, 5.41) is 0. The number of carbonyl (C=O) groups is 1. The Kier molecular flexibility index (Phi) is 5.32. The summed E-state index contributed by atoms with van der Waals surface area (Å²) in [7, 11) is 1.23. The van der Waals surface area contributed by atoms with E-state index < -0.39 is 12.6 Å². The Hall–Kier alpha value is -0.690. The molecule has 0 N–H and O–H groups in total. The minimum absolute atomic E-state index is 0.0615. The summed E-state index contributed by atoms with van der Waals surface area (Å²) < 4.78 is 34.3. The number of alkyl halides is 2. The van der Waals surface area contributed by atoms with Crippen LogP contribution in [0.3, 0.4) is 0 Å². The van der Waals surface area contributed by atoms with Crippen LogP contribution in [0.4, 0.5) is 8.78 Å². The van der Waals surface area contributed by atoms with Gasteiger partial charge >= 0.3 is 12.6 Å². The third-order valence-corrected chi connectivity index (χ3v) is 2.90. The van der Waals surface area contributed by atoms with E-state index in [9.17, 15) is 13.6 Å². The normalized spacial score (nSPS) is 10.5. The minimum Gasteiger partial charge on any atom is -0.469 e. The van der Waals surface area contributed by atoms with E-state index in [-0.39, 0.29) is 12.2 Å². The van der Waals surface area contributed by atoms with Gasteiger partial charge in [0.25, 0.3) is 0 Å². The zero-order valence-corrected chi connectivity index (χ0v) is 11.8. The van der Waals surface area contributed by atoms with Gasteiger partial charge in [0.2, 0.25) is 0 Å². The highest BCUT2D eigenvalue weighted by Gasteiger charge is 2.17. The first-order chi connectivity index (χ1) is 7.93. The van der Waals surface area contributed by atoms with Crippen LogP contribution in [0.25, 0.3) is 0 Å². The molecule has 3 nitrogen and oxygen atoms in total. The number of esters is 1. The first-order valence-corrected chi connectivity index (χ1v) is 6.02. The Morgan fingerprint density at radius 1 is 1.41 bits per heavy atom. The van der Waals surface area contributed by atoms with E-state index >= 15 is 0 Å². The molecule has 0 fully saturated rings. The lowest BCUT2D eigenvalue weighted by Crippen LogP contribution is -2.10. The molecule has 1 aromatic carbocycles. The van der Waals surface area contributed by atoms with Gasteiger partial charge in [0.15, 0.2) is 0 Å². The van der Waals surface area contributed by atoms with Gasteiger partial charge in [-0.25, -0.2) is 0 Å². The Morgan fingerprint density at radius 2 is 2.06 bits per heavy atom. The first-order valence-electron chi connectivity index (χ1n) is 4.43. The van der Waals surface area contributed by atoms with Crippen LogP contribution < -0.4 is 4.74 Å². The number of rotatable bonds is 4. The maximum absolute atomic E-state index is 12.2. The van der Waals surface area contributed by atoms with Gasteiger partial charge in [-0.3, -0.25) is 4.79 Å². The molecular formula is C10H8Br2F2O3. The second kappa shape index (κ2) is 6.30. The lowest BCUT2D eigenvalue weighted by Gasteiger charge is -2.12. The van der Waals surface area contributed by atoms with Crippen LogP contribution in [0.5, 0.6) is 5.75 Å². The Morgan fingerprint density at radius 3 is 2.59 bits per heavy atom. The average Bonchev–Trinajstić information content (AvgIpc) is 2.22. The molecule has 94 valence electrons. The maximum Gasteiger partial charge on any atom is 0.387 e. The molecule has 0 bridgehead atoms. The van der Waals surface area contributed by atoms with Gasteiger partial charge in [0.1, 0.15) is 5.75 Å². The van der Waals surface area contributed by atoms with Crippen molar-refractivity contribution in [2.75, 3.05) is 7.11 Å². The molecule has 0 aromatic heterocycles. The van der Waals surface area contributed by atoms with Crippen LogP contribution in [-0.2, 0) is 16.0 Å². The van der Waals surface area contributed by atoms with E-state index in [0.717, 1.165) is 0 Å². The smallest absolute Gasteiger partial charge is 0.387 e. The maximum atomic E-state index is 12.2. The molecule has 0 saturated carbocycles. The summed E-state index contributed by atoms with van der Waals surface area (Å²) in [4.78, 5) is 11.1. The van der Waals surface area contributed by atoms with Crippen LogP contribution in [0, 0.1) is 0 Å². The highest BCUT2D eigenvalue weighted by molar-refractivity contribution is 9.11. The lowest BCUT2D eigenvalue weighted by atomic mass is 10.1. The molecule has 0 radical (unpaired) electrons. The van der Waals surface area contributed by atoms with E-state index in [0.29, 0.717) is 14.5 Å². The van der Waals surface area contributed by atoms with E-state index in [1.807, 2.05) is 0 Å². The van der Waals surface area contributed by atoms with Crippen molar-refractivity contribution in [1.82, 2.24) is 0 Å². The number of ether oxygens (including phenoxy) is 2. The molecular weight excluding hydrogens is 366 g/mol. The van der Waals surface area contributed by atoms with Crippen molar-refractivity contribution in [3.63, 3.8) is 0 Å². The fraction of sp³-hybridized carbons (Fsp3) is 0.300. The summed E-state index contributed by atoms with van der Waals surface area (Å²) in [6, 6.07) is 3.08. The highest BCUT2D eigenvalue weighted by atomic mass is 79.9. The fourth-order valence-corrected chi connectivity index (χ4v) is 2.60. The summed E-state index contributed by atoms with van der Waals surface area (Å²) in [5.74, 6) is -0.595. The molecule has 0 atom stereocenters. The molecule has 1 aromatic rings. The van der Waals surface area contributed by atoms with Gasteiger partial charge < -0.3 is 9.47 Å². The number of hydrogen-bond donors (Lipinski definition) is 0. The predicted molar refractivity (Wildman–Crippen MR) is 64.2 cm³/mol. The van der Waals surface area contributed by atoms with E-state index in [4.69, 9.17) is 0 Å². The second-order valence-electron chi connectivity index (χ2n) is 3.01. The van der Waals surface area contributed by atoms with Gasteiger partial charge in [-0.2, -0.15) is 8.78 Å². The van der Waals surface area contributed by atoms with Gasteiger partial charge in [-0.05, 0) is 28.1 Å². The number of methoxy groups -OCH3 is 1. The fourth-order valence-electron chi connectivity index (χ4n) is 1.19. The third-order valence-electron chi connectivity index (χ3n) is 1.85. The molecule has 0 amide bonds. The quantitative estimate of drug-likeness (QED) is 0.757. The highest BCUT2D eigenvalue weighted by Crippen LogP contribution is 2.34. The van der Waals surface area contributed by atoms with Gasteiger partial charge in [0, 0.05) is 10.0 Å². The zero-order chi connectivity index (χ0) is 13.0. The van der Waals surface area contributed by atoms with Crippen molar-refractivity contribution in [2.24, 2.45) is 0 Å².